The third-order valence-corrected chi connectivity index (χ3v) is 9.87. The first-order valence-electron chi connectivity index (χ1n) is 12.5. The van der Waals surface area contributed by atoms with Crippen LogP contribution in [0, 0.1) is 0 Å². The Hall–Kier alpha value is -3.32. The summed E-state index contributed by atoms with van der Waals surface area (Å²) in [6, 6.07) is 16.7. The Morgan fingerprint density at radius 3 is 2.17 bits per heavy atom. The average molecular weight is 608 g/mol. The molecule has 0 saturated carbocycles. The Morgan fingerprint density at radius 1 is 0.900 bits per heavy atom. The van der Waals surface area contributed by atoms with Crippen LogP contribution >= 0.6 is 11.6 Å². The SMILES string of the molecule is COc1ccc(NS(=O)(=O)c2ccc(OCC(=O)NCc3ccc(S(=O)(=O)N4CCCCC4)cc3)c(Cl)c2)cc1. The van der Waals surface area contributed by atoms with Gasteiger partial charge < -0.3 is 14.8 Å². The maximum Gasteiger partial charge on any atom is 0.261 e. The molecule has 0 radical (unpaired) electrons. The molecule has 0 spiro atoms. The van der Waals surface area contributed by atoms with Crippen LogP contribution in [0.1, 0.15) is 24.8 Å². The topological polar surface area (TPSA) is 131 Å². The van der Waals surface area contributed by atoms with Crippen molar-refractivity contribution in [1.29, 1.82) is 0 Å². The minimum absolute atomic E-state index is 0.0240. The number of anilines is 1. The van der Waals surface area contributed by atoms with Crippen LogP contribution in [-0.2, 0) is 31.4 Å². The van der Waals surface area contributed by atoms with Crippen molar-refractivity contribution in [3.8, 4) is 11.5 Å². The Morgan fingerprint density at radius 2 is 1.55 bits per heavy atom. The first-order chi connectivity index (χ1) is 19.1. The van der Waals surface area contributed by atoms with E-state index < -0.39 is 26.0 Å². The van der Waals surface area contributed by atoms with E-state index in [0.717, 1.165) is 24.8 Å². The average Bonchev–Trinajstić information content (AvgIpc) is 2.96. The number of benzene rings is 3. The molecule has 2 N–H and O–H groups in total. The third kappa shape index (κ3) is 7.45. The molecular weight excluding hydrogens is 578 g/mol. The minimum Gasteiger partial charge on any atom is -0.497 e. The van der Waals surface area contributed by atoms with Crippen molar-refractivity contribution < 1.29 is 31.1 Å². The van der Waals surface area contributed by atoms with Crippen LogP contribution in [-0.4, -0.2) is 53.9 Å². The van der Waals surface area contributed by atoms with E-state index in [2.05, 4.69) is 10.0 Å². The highest BCUT2D eigenvalue weighted by Crippen LogP contribution is 2.29. The largest absolute Gasteiger partial charge is 0.497 e. The van der Waals surface area contributed by atoms with Crippen LogP contribution < -0.4 is 19.5 Å². The number of methoxy groups -OCH3 is 1. The number of hydrogen-bond donors (Lipinski definition) is 2. The lowest BCUT2D eigenvalue weighted by molar-refractivity contribution is -0.123. The zero-order valence-electron chi connectivity index (χ0n) is 21.8. The summed E-state index contributed by atoms with van der Waals surface area (Å²) in [5, 5.41) is 2.72. The number of nitrogens with zero attached hydrogens (tertiary/aromatic N) is 1. The van der Waals surface area contributed by atoms with Crippen molar-refractivity contribution in [2.45, 2.75) is 35.6 Å². The van der Waals surface area contributed by atoms with Crippen molar-refractivity contribution in [1.82, 2.24) is 9.62 Å². The first-order valence-corrected chi connectivity index (χ1v) is 15.8. The lowest BCUT2D eigenvalue weighted by Gasteiger charge is -2.25. The number of piperidine rings is 1. The Kier molecular flexibility index (Phi) is 9.56. The summed E-state index contributed by atoms with van der Waals surface area (Å²) in [6.45, 7) is 0.887. The fourth-order valence-electron chi connectivity index (χ4n) is 4.07. The highest BCUT2D eigenvalue weighted by atomic mass is 35.5. The molecule has 0 aromatic heterocycles. The number of hydrogen-bond acceptors (Lipinski definition) is 7. The van der Waals surface area contributed by atoms with E-state index in [9.17, 15) is 21.6 Å². The van der Waals surface area contributed by atoms with Crippen LogP contribution in [0.3, 0.4) is 0 Å². The summed E-state index contributed by atoms with van der Waals surface area (Å²) in [5.41, 5.74) is 1.08. The second-order valence-electron chi connectivity index (χ2n) is 9.10. The highest BCUT2D eigenvalue weighted by molar-refractivity contribution is 7.92. The molecule has 1 saturated heterocycles. The fourth-order valence-corrected chi connectivity index (χ4v) is 6.97. The fraction of sp³-hybridized carbons (Fsp3) is 0.296. The molecule has 1 fully saturated rings. The van der Waals surface area contributed by atoms with Crippen LogP contribution in [0.4, 0.5) is 5.69 Å². The Labute approximate surface area is 239 Å². The smallest absolute Gasteiger partial charge is 0.261 e. The van der Waals surface area contributed by atoms with Gasteiger partial charge in [-0.15, -0.1) is 0 Å². The van der Waals surface area contributed by atoms with E-state index in [4.69, 9.17) is 21.1 Å². The first kappa shape index (κ1) is 29.7. The second-order valence-corrected chi connectivity index (χ2v) is 13.1. The number of carbonyl (C=O) groups is 1. The third-order valence-electron chi connectivity index (χ3n) is 6.28. The number of ether oxygens (including phenoxy) is 2. The summed E-state index contributed by atoms with van der Waals surface area (Å²) in [7, 11) is -5.92. The number of halogens is 1. The summed E-state index contributed by atoms with van der Waals surface area (Å²) >= 11 is 6.22. The summed E-state index contributed by atoms with van der Waals surface area (Å²) < 4.78 is 65.5. The van der Waals surface area contributed by atoms with E-state index in [1.807, 2.05) is 0 Å². The molecule has 0 aliphatic carbocycles. The van der Waals surface area contributed by atoms with Gasteiger partial charge in [0.05, 0.1) is 21.9 Å². The summed E-state index contributed by atoms with van der Waals surface area (Å²) in [6.07, 6.45) is 2.76. The van der Waals surface area contributed by atoms with E-state index in [1.165, 1.54) is 29.6 Å². The molecule has 3 aromatic carbocycles. The molecule has 3 aromatic rings. The van der Waals surface area contributed by atoms with Crippen LogP contribution in [0.25, 0.3) is 0 Å². The molecule has 0 bridgehead atoms. The van der Waals surface area contributed by atoms with Crippen LogP contribution in [0.2, 0.25) is 5.02 Å². The zero-order valence-corrected chi connectivity index (χ0v) is 24.2. The van der Waals surface area contributed by atoms with Gasteiger partial charge in [0.15, 0.2) is 6.61 Å². The maximum absolute atomic E-state index is 12.8. The van der Waals surface area contributed by atoms with Crippen LogP contribution in [0.15, 0.2) is 76.5 Å². The van der Waals surface area contributed by atoms with Crippen LogP contribution in [0.5, 0.6) is 11.5 Å². The van der Waals surface area contributed by atoms with E-state index in [1.54, 1.807) is 48.5 Å². The predicted molar refractivity (Wildman–Crippen MR) is 152 cm³/mol. The number of carbonyl (C=O) groups excluding carboxylic acids is 1. The van der Waals surface area contributed by atoms with Crippen molar-refractivity contribution >= 4 is 43.2 Å². The van der Waals surface area contributed by atoms with Gasteiger partial charge in [0.25, 0.3) is 15.9 Å². The summed E-state index contributed by atoms with van der Waals surface area (Å²) in [5.74, 6) is 0.305. The predicted octanol–water partition coefficient (Wildman–Crippen LogP) is 4.02. The van der Waals surface area contributed by atoms with E-state index in [-0.39, 0.29) is 33.7 Å². The lowest BCUT2D eigenvalue weighted by Crippen LogP contribution is -2.35. The minimum atomic E-state index is -3.91. The molecule has 10 nitrogen and oxygen atoms in total. The number of rotatable bonds is 11. The quantitative estimate of drug-likeness (QED) is 0.337. The lowest BCUT2D eigenvalue weighted by atomic mass is 10.2. The monoisotopic (exact) mass is 607 g/mol. The standard InChI is InChI=1S/C27H30ClN3O7S2/c1-37-22-9-7-21(8-10-22)30-39(33,34)24-13-14-26(25(28)17-24)38-19-27(32)29-18-20-5-11-23(12-6-20)40(35,36)31-15-3-2-4-16-31/h5-14,17,30H,2-4,15-16,18-19H2,1H3,(H,29,32). The molecule has 0 unspecified atom stereocenters. The number of sulfonamides is 2. The van der Waals surface area contributed by atoms with Gasteiger partial charge in [0.1, 0.15) is 11.5 Å². The molecular formula is C27H30ClN3O7S2. The molecule has 214 valence electrons. The molecule has 1 amide bonds. The van der Waals surface area contributed by atoms with E-state index in [0.29, 0.717) is 24.5 Å². The van der Waals surface area contributed by atoms with Crippen molar-refractivity contribution in [3.63, 3.8) is 0 Å². The normalized spacial score (nSPS) is 14.3. The van der Waals surface area contributed by atoms with Gasteiger partial charge in [-0.05, 0) is 73.0 Å². The number of nitrogens with one attached hydrogen (secondary N) is 2. The molecule has 0 atom stereocenters. The molecule has 4 rings (SSSR count). The molecule has 1 aliphatic heterocycles. The molecule has 40 heavy (non-hydrogen) atoms. The van der Waals surface area contributed by atoms with Crippen molar-refractivity contribution in [3.05, 3.63) is 77.3 Å². The van der Waals surface area contributed by atoms with Gasteiger partial charge in [0, 0.05) is 25.3 Å². The molecule has 13 heteroatoms. The van der Waals surface area contributed by atoms with Crippen molar-refractivity contribution in [2.75, 3.05) is 31.5 Å². The van der Waals surface area contributed by atoms with Gasteiger partial charge in [-0.1, -0.05) is 30.2 Å². The maximum atomic E-state index is 12.8. The van der Waals surface area contributed by atoms with Crippen molar-refractivity contribution in [2.24, 2.45) is 0 Å². The zero-order chi connectivity index (χ0) is 28.8. The number of amides is 1. The van der Waals surface area contributed by atoms with Gasteiger partial charge in [0.2, 0.25) is 10.0 Å². The van der Waals surface area contributed by atoms with Gasteiger partial charge >= 0.3 is 0 Å². The summed E-state index contributed by atoms with van der Waals surface area (Å²) in [4.78, 5) is 12.5. The van der Waals surface area contributed by atoms with Gasteiger partial charge in [-0.25, -0.2) is 16.8 Å². The second kappa shape index (κ2) is 12.9. The Balaban J connectivity index is 1.28. The van der Waals surface area contributed by atoms with Gasteiger partial charge in [-0.2, -0.15) is 4.31 Å². The highest BCUT2D eigenvalue weighted by Gasteiger charge is 2.25. The molecule has 1 heterocycles. The van der Waals surface area contributed by atoms with Gasteiger partial charge in [-0.3, -0.25) is 9.52 Å². The Bertz CT molecular complexity index is 1540. The molecule has 1 aliphatic rings. The van der Waals surface area contributed by atoms with E-state index >= 15 is 0 Å².